The van der Waals surface area contributed by atoms with Crippen molar-refractivity contribution in [1.82, 2.24) is 14.7 Å². The zero-order valence-corrected chi connectivity index (χ0v) is 13.9. The van der Waals surface area contributed by atoms with Crippen molar-refractivity contribution in [1.29, 1.82) is 0 Å². The second-order valence-corrected chi connectivity index (χ2v) is 5.74. The standard InChI is InChI=1S/C17H21N3O4/c1-12(2)20-10-14(9-18-20)15(16(21)22)19(3)17(23)24-11-13-7-5-4-6-8-13/h4-10,12,15H,11H2,1-3H3,(H,21,22). The first-order valence-corrected chi connectivity index (χ1v) is 7.60. The quantitative estimate of drug-likeness (QED) is 0.880. The molecule has 0 bridgehead atoms. The number of benzene rings is 1. The van der Waals surface area contributed by atoms with Gasteiger partial charge in [-0.3, -0.25) is 9.58 Å². The third-order valence-electron chi connectivity index (χ3n) is 3.58. The van der Waals surface area contributed by atoms with Crippen LogP contribution in [0, 0.1) is 0 Å². The maximum Gasteiger partial charge on any atom is 0.410 e. The van der Waals surface area contributed by atoms with E-state index in [2.05, 4.69) is 5.10 Å². The number of carbonyl (C=O) groups excluding carboxylic acids is 1. The fourth-order valence-electron chi connectivity index (χ4n) is 2.23. The molecule has 1 aromatic heterocycles. The number of nitrogens with zero attached hydrogens (tertiary/aromatic N) is 3. The Morgan fingerprint density at radius 2 is 1.96 bits per heavy atom. The molecule has 0 spiro atoms. The second kappa shape index (κ2) is 7.63. The van der Waals surface area contributed by atoms with E-state index in [1.54, 1.807) is 10.9 Å². The van der Waals surface area contributed by atoms with Crippen LogP contribution in [0.25, 0.3) is 0 Å². The van der Waals surface area contributed by atoms with E-state index in [-0.39, 0.29) is 12.6 Å². The predicted molar refractivity (Wildman–Crippen MR) is 87.4 cm³/mol. The van der Waals surface area contributed by atoms with Crippen LogP contribution in [0.3, 0.4) is 0 Å². The lowest BCUT2D eigenvalue weighted by Crippen LogP contribution is -2.36. The van der Waals surface area contributed by atoms with Gasteiger partial charge < -0.3 is 9.84 Å². The molecule has 1 atom stereocenters. The number of hydrogen-bond donors (Lipinski definition) is 1. The number of carbonyl (C=O) groups is 2. The van der Waals surface area contributed by atoms with Crippen molar-refractivity contribution in [2.24, 2.45) is 0 Å². The number of aliphatic carboxylic acids is 1. The SMILES string of the molecule is CC(C)n1cc(C(C(=O)O)N(C)C(=O)OCc2ccccc2)cn1. The van der Waals surface area contributed by atoms with Gasteiger partial charge in [0.25, 0.3) is 0 Å². The normalized spacial score (nSPS) is 12.0. The van der Waals surface area contributed by atoms with Gasteiger partial charge in [-0.05, 0) is 19.4 Å². The number of carboxylic acids is 1. The molecular weight excluding hydrogens is 310 g/mol. The van der Waals surface area contributed by atoms with Crippen molar-refractivity contribution in [3.63, 3.8) is 0 Å². The highest BCUT2D eigenvalue weighted by Crippen LogP contribution is 2.21. The third kappa shape index (κ3) is 4.13. The van der Waals surface area contributed by atoms with E-state index in [9.17, 15) is 14.7 Å². The molecule has 2 aromatic rings. The molecule has 1 amide bonds. The maximum absolute atomic E-state index is 12.2. The Hall–Kier alpha value is -2.83. The lowest BCUT2D eigenvalue weighted by Gasteiger charge is -2.23. The van der Waals surface area contributed by atoms with Gasteiger partial charge in [0.2, 0.25) is 0 Å². The highest BCUT2D eigenvalue weighted by atomic mass is 16.6. The summed E-state index contributed by atoms with van der Waals surface area (Å²) < 4.78 is 6.84. The van der Waals surface area contributed by atoms with E-state index in [4.69, 9.17) is 4.74 Å². The molecule has 0 aliphatic heterocycles. The Balaban J connectivity index is 2.08. The molecule has 1 N–H and O–H groups in total. The number of likely N-dealkylation sites (N-methyl/N-ethyl adjacent to an activating group) is 1. The Kier molecular flexibility index (Phi) is 5.57. The first-order chi connectivity index (χ1) is 11.4. The van der Waals surface area contributed by atoms with Gasteiger partial charge in [-0.15, -0.1) is 0 Å². The number of amides is 1. The minimum atomic E-state index is -1.15. The lowest BCUT2D eigenvalue weighted by molar-refractivity contribution is -0.142. The number of ether oxygens (including phenoxy) is 1. The minimum Gasteiger partial charge on any atom is -0.479 e. The molecule has 7 nitrogen and oxygen atoms in total. The molecule has 2 rings (SSSR count). The molecule has 0 aliphatic rings. The zero-order valence-electron chi connectivity index (χ0n) is 13.9. The van der Waals surface area contributed by atoms with Gasteiger partial charge in [-0.25, -0.2) is 9.59 Å². The summed E-state index contributed by atoms with van der Waals surface area (Å²) in [6.07, 6.45) is 2.38. The Bertz CT molecular complexity index is 697. The number of hydrogen-bond acceptors (Lipinski definition) is 4. The van der Waals surface area contributed by atoms with Gasteiger partial charge in [-0.2, -0.15) is 5.10 Å². The van der Waals surface area contributed by atoms with Crippen LogP contribution >= 0.6 is 0 Å². The molecule has 1 aromatic carbocycles. The molecule has 24 heavy (non-hydrogen) atoms. The Morgan fingerprint density at radius 1 is 1.29 bits per heavy atom. The van der Waals surface area contributed by atoms with Crippen LogP contribution in [0.5, 0.6) is 0 Å². The van der Waals surface area contributed by atoms with Crippen LogP contribution in [0.2, 0.25) is 0 Å². The van der Waals surface area contributed by atoms with Crippen molar-refractivity contribution in [3.8, 4) is 0 Å². The van der Waals surface area contributed by atoms with Crippen LogP contribution in [0.1, 0.15) is 37.1 Å². The van der Waals surface area contributed by atoms with Crippen LogP contribution in [0.4, 0.5) is 4.79 Å². The number of rotatable bonds is 6. The van der Waals surface area contributed by atoms with E-state index in [1.165, 1.54) is 13.2 Å². The fourth-order valence-corrected chi connectivity index (χ4v) is 2.23. The molecule has 0 saturated heterocycles. The highest BCUT2D eigenvalue weighted by molar-refractivity contribution is 5.81. The minimum absolute atomic E-state index is 0.0849. The summed E-state index contributed by atoms with van der Waals surface area (Å²) >= 11 is 0. The number of carboxylic acid groups (broad SMARTS) is 1. The second-order valence-electron chi connectivity index (χ2n) is 5.74. The molecule has 128 valence electrons. The topological polar surface area (TPSA) is 84.7 Å². The summed E-state index contributed by atoms with van der Waals surface area (Å²) in [6, 6.07) is 8.15. The summed E-state index contributed by atoms with van der Waals surface area (Å²) in [5.74, 6) is -1.14. The summed E-state index contributed by atoms with van der Waals surface area (Å²) in [4.78, 5) is 24.9. The lowest BCUT2D eigenvalue weighted by atomic mass is 10.1. The predicted octanol–water partition coefficient (Wildman–Crippen LogP) is 2.86. The molecule has 7 heteroatoms. The van der Waals surface area contributed by atoms with Crippen molar-refractivity contribution in [3.05, 3.63) is 53.9 Å². The van der Waals surface area contributed by atoms with Crippen LogP contribution < -0.4 is 0 Å². The van der Waals surface area contributed by atoms with Crippen molar-refractivity contribution >= 4 is 12.1 Å². The van der Waals surface area contributed by atoms with Gasteiger partial charge in [-0.1, -0.05) is 30.3 Å². The average molecular weight is 331 g/mol. The van der Waals surface area contributed by atoms with Gasteiger partial charge in [0.05, 0.1) is 6.20 Å². The maximum atomic E-state index is 12.2. The molecule has 0 saturated carbocycles. The van der Waals surface area contributed by atoms with E-state index in [1.807, 2.05) is 44.2 Å². The van der Waals surface area contributed by atoms with Gasteiger partial charge >= 0.3 is 12.1 Å². The van der Waals surface area contributed by atoms with E-state index < -0.39 is 18.1 Å². The molecule has 0 radical (unpaired) electrons. The summed E-state index contributed by atoms with van der Waals surface area (Å²) in [6.45, 7) is 3.95. The van der Waals surface area contributed by atoms with Crippen molar-refractivity contribution < 1.29 is 19.4 Å². The van der Waals surface area contributed by atoms with E-state index >= 15 is 0 Å². The van der Waals surface area contributed by atoms with Crippen LogP contribution in [-0.4, -0.2) is 38.9 Å². The smallest absolute Gasteiger partial charge is 0.410 e. The average Bonchev–Trinajstić information content (AvgIpc) is 3.03. The number of aromatic nitrogens is 2. The fraction of sp³-hybridized carbons (Fsp3) is 0.353. The molecular formula is C17H21N3O4. The van der Waals surface area contributed by atoms with Crippen LogP contribution in [0.15, 0.2) is 42.7 Å². The third-order valence-corrected chi connectivity index (χ3v) is 3.58. The summed E-state index contributed by atoms with van der Waals surface area (Å²) in [5, 5.41) is 13.6. The van der Waals surface area contributed by atoms with Gasteiger partial charge in [0, 0.05) is 24.8 Å². The molecule has 0 fully saturated rings. The first-order valence-electron chi connectivity index (χ1n) is 7.60. The Labute approximate surface area is 140 Å². The van der Waals surface area contributed by atoms with Gasteiger partial charge in [0.15, 0.2) is 6.04 Å². The zero-order chi connectivity index (χ0) is 17.7. The molecule has 1 unspecified atom stereocenters. The highest BCUT2D eigenvalue weighted by Gasteiger charge is 2.30. The Morgan fingerprint density at radius 3 is 2.50 bits per heavy atom. The van der Waals surface area contributed by atoms with Crippen molar-refractivity contribution in [2.75, 3.05) is 7.05 Å². The van der Waals surface area contributed by atoms with E-state index in [0.717, 1.165) is 10.5 Å². The van der Waals surface area contributed by atoms with Crippen molar-refractivity contribution in [2.45, 2.75) is 32.5 Å². The molecule has 1 heterocycles. The summed E-state index contributed by atoms with van der Waals surface area (Å²) in [7, 11) is 1.40. The largest absolute Gasteiger partial charge is 0.479 e. The van der Waals surface area contributed by atoms with E-state index in [0.29, 0.717) is 5.56 Å². The first kappa shape index (κ1) is 17.5. The van der Waals surface area contributed by atoms with Gasteiger partial charge in [0.1, 0.15) is 6.61 Å². The van der Waals surface area contributed by atoms with Crippen LogP contribution in [-0.2, 0) is 16.1 Å². The molecule has 0 aliphatic carbocycles. The monoisotopic (exact) mass is 331 g/mol. The summed E-state index contributed by atoms with van der Waals surface area (Å²) in [5.41, 5.74) is 1.26.